The Morgan fingerprint density at radius 2 is 1.71 bits per heavy atom. The van der Waals surface area contributed by atoms with Crippen LogP contribution in [-0.4, -0.2) is 21.4 Å². The molecule has 0 atom stereocenters. The predicted molar refractivity (Wildman–Crippen MR) is 97.9 cm³/mol. The van der Waals surface area contributed by atoms with Gasteiger partial charge in [-0.2, -0.15) is 0 Å². The number of aryl methyl sites for hydroxylation is 2. The maximum Gasteiger partial charge on any atom is 0.300 e. The van der Waals surface area contributed by atoms with Crippen LogP contribution in [0.2, 0.25) is 0 Å². The summed E-state index contributed by atoms with van der Waals surface area (Å²) < 4.78 is 2.09. The Hall–Kier alpha value is -2.88. The van der Waals surface area contributed by atoms with Gasteiger partial charge in [0, 0.05) is 48.8 Å². The smallest absolute Gasteiger partial charge is 0.300 e. The number of benzene rings is 2. The predicted octanol–water partition coefficient (Wildman–Crippen LogP) is 4.19. The molecule has 124 valence electrons. The lowest BCUT2D eigenvalue weighted by atomic mass is 9.99. The van der Waals surface area contributed by atoms with Crippen LogP contribution in [0.4, 0.5) is 0 Å². The zero-order valence-corrected chi connectivity index (χ0v) is 14.2. The third-order valence-electron chi connectivity index (χ3n) is 3.85. The van der Waals surface area contributed by atoms with E-state index in [-0.39, 0.29) is 0 Å². The van der Waals surface area contributed by atoms with Crippen molar-refractivity contribution in [2.45, 2.75) is 20.3 Å². The SMILES string of the molecule is CC(=O)O.Cc1ccccc1CC(=N)c1cn(C)c2ccccc12. The molecule has 0 aliphatic carbocycles. The molecule has 0 unspecified atom stereocenters. The first-order valence-corrected chi connectivity index (χ1v) is 7.76. The number of rotatable bonds is 3. The van der Waals surface area contributed by atoms with E-state index in [0.717, 1.165) is 17.9 Å². The second-order valence-corrected chi connectivity index (χ2v) is 5.77. The summed E-state index contributed by atoms with van der Waals surface area (Å²) in [5.41, 5.74) is 5.36. The van der Waals surface area contributed by atoms with E-state index in [1.165, 1.54) is 16.6 Å². The minimum atomic E-state index is -0.833. The first-order chi connectivity index (χ1) is 11.4. The monoisotopic (exact) mass is 322 g/mol. The summed E-state index contributed by atoms with van der Waals surface area (Å²) in [6.07, 6.45) is 2.74. The molecular formula is C20H22N2O2. The quantitative estimate of drug-likeness (QED) is 0.710. The van der Waals surface area contributed by atoms with Gasteiger partial charge in [0.15, 0.2) is 0 Å². The summed E-state index contributed by atoms with van der Waals surface area (Å²) in [7, 11) is 2.03. The van der Waals surface area contributed by atoms with Crippen LogP contribution in [0, 0.1) is 12.3 Å². The lowest BCUT2D eigenvalue weighted by Gasteiger charge is -2.06. The number of nitrogens with one attached hydrogen (secondary N) is 1. The summed E-state index contributed by atoms with van der Waals surface area (Å²) in [4.78, 5) is 9.00. The number of carboxylic acids is 1. The summed E-state index contributed by atoms with van der Waals surface area (Å²) in [6, 6.07) is 16.6. The Morgan fingerprint density at radius 3 is 2.38 bits per heavy atom. The highest BCUT2D eigenvalue weighted by Gasteiger charge is 2.11. The van der Waals surface area contributed by atoms with E-state index in [1.54, 1.807) is 0 Å². The van der Waals surface area contributed by atoms with Crippen molar-refractivity contribution in [1.82, 2.24) is 4.57 Å². The highest BCUT2D eigenvalue weighted by Crippen LogP contribution is 2.22. The van der Waals surface area contributed by atoms with Crippen LogP contribution in [0.15, 0.2) is 54.7 Å². The van der Waals surface area contributed by atoms with Gasteiger partial charge in [0.1, 0.15) is 0 Å². The highest BCUT2D eigenvalue weighted by atomic mass is 16.4. The van der Waals surface area contributed by atoms with Crippen LogP contribution < -0.4 is 0 Å². The van der Waals surface area contributed by atoms with Gasteiger partial charge in [-0.3, -0.25) is 4.79 Å². The fourth-order valence-corrected chi connectivity index (χ4v) is 2.68. The second-order valence-electron chi connectivity index (χ2n) is 5.77. The minimum Gasteiger partial charge on any atom is -0.481 e. The first kappa shape index (κ1) is 17.5. The van der Waals surface area contributed by atoms with E-state index in [1.807, 2.05) is 31.3 Å². The van der Waals surface area contributed by atoms with Crippen molar-refractivity contribution in [3.05, 3.63) is 71.4 Å². The van der Waals surface area contributed by atoms with E-state index in [4.69, 9.17) is 15.3 Å². The van der Waals surface area contributed by atoms with Gasteiger partial charge in [-0.15, -0.1) is 0 Å². The summed E-state index contributed by atoms with van der Waals surface area (Å²) in [5.74, 6) is -0.833. The van der Waals surface area contributed by atoms with Gasteiger partial charge in [-0.05, 0) is 24.1 Å². The van der Waals surface area contributed by atoms with Gasteiger partial charge in [-0.1, -0.05) is 42.5 Å². The van der Waals surface area contributed by atoms with E-state index >= 15 is 0 Å². The standard InChI is InChI=1S/C18H18N2.C2H4O2/c1-13-7-3-4-8-14(13)11-17(19)16-12-20(2)18-10-6-5-9-15(16)18;1-2(3)4/h3-10,12,19H,11H2,1-2H3;1H3,(H,3,4). The van der Waals surface area contributed by atoms with Crippen molar-refractivity contribution < 1.29 is 9.90 Å². The largest absolute Gasteiger partial charge is 0.481 e. The first-order valence-electron chi connectivity index (χ1n) is 7.76. The highest BCUT2D eigenvalue weighted by molar-refractivity contribution is 6.10. The molecule has 0 saturated heterocycles. The van der Waals surface area contributed by atoms with Gasteiger partial charge in [0.05, 0.1) is 0 Å². The Labute approximate surface area is 141 Å². The molecular weight excluding hydrogens is 300 g/mol. The number of aromatic nitrogens is 1. The zero-order chi connectivity index (χ0) is 17.7. The lowest BCUT2D eigenvalue weighted by molar-refractivity contribution is -0.134. The maximum atomic E-state index is 9.00. The van der Waals surface area contributed by atoms with Crippen molar-refractivity contribution in [1.29, 1.82) is 5.41 Å². The number of hydrogen-bond acceptors (Lipinski definition) is 2. The van der Waals surface area contributed by atoms with E-state index in [2.05, 4.69) is 42.0 Å². The fraction of sp³-hybridized carbons (Fsp3) is 0.200. The van der Waals surface area contributed by atoms with E-state index < -0.39 is 5.97 Å². The summed E-state index contributed by atoms with van der Waals surface area (Å²) in [6.45, 7) is 3.19. The van der Waals surface area contributed by atoms with Crippen LogP contribution >= 0.6 is 0 Å². The Balaban J connectivity index is 0.000000471. The molecule has 4 heteroatoms. The van der Waals surface area contributed by atoms with Gasteiger partial charge in [-0.25, -0.2) is 0 Å². The fourth-order valence-electron chi connectivity index (χ4n) is 2.68. The number of carbonyl (C=O) groups is 1. The van der Waals surface area contributed by atoms with Gasteiger partial charge >= 0.3 is 0 Å². The molecule has 0 radical (unpaired) electrons. The average molecular weight is 322 g/mol. The maximum absolute atomic E-state index is 9.00. The summed E-state index contributed by atoms with van der Waals surface area (Å²) in [5, 5.41) is 17.0. The number of nitrogens with zero attached hydrogens (tertiary/aromatic N) is 1. The number of para-hydroxylation sites is 1. The van der Waals surface area contributed by atoms with Crippen molar-refractivity contribution in [2.24, 2.45) is 7.05 Å². The van der Waals surface area contributed by atoms with Gasteiger partial charge < -0.3 is 15.1 Å². The topological polar surface area (TPSA) is 66.1 Å². The van der Waals surface area contributed by atoms with Crippen LogP contribution in [0.25, 0.3) is 10.9 Å². The third kappa shape index (κ3) is 4.10. The van der Waals surface area contributed by atoms with Crippen molar-refractivity contribution in [3.8, 4) is 0 Å². The third-order valence-corrected chi connectivity index (χ3v) is 3.85. The molecule has 2 aromatic carbocycles. The zero-order valence-electron chi connectivity index (χ0n) is 14.2. The van der Waals surface area contributed by atoms with Crippen LogP contribution in [0.5, 0.6) is 0 Å². The molecule has 24 heavy (non-hydrogen) atoms. The molecule has 3 aromatic rings. The number of aliphatic carboxylic acids is 1. The summed E-state index contributed by atoms with van der Waals surface area (Å²) >= 11 is 0. The van der Waals surface area contributed by atoms with Crippen molar-refractivity contribution >= 4 is 22.6 Å². The van der Waals surface area contributed by atoms with E-state index in [9.17, 15) is 0 Å². The Kier molecular flexibility index (Phi) is 5.53. The number of carboxylic acid groups (broad SMARTS) is 1. The van der Waals surface area contributed by atoms with Gasteiger partial charge in [0.2, 0.25) is 0 Å². The Bertz CT molecular complexity index is 874. The normalized spacial score (nSPS) is 10.1. The molecule has 4 nitrogen and oxygen atoms in total. The second kappa shape index (κ2) is 7.59. The lowest BCUT2D eigenvalue weighted by Crippen LogP contribution is -2.04. The molecule has 0 amide bonds. The molecule has 3 rings (SSSR count). The van der Waals surface area contributed by atoms with Gasteiger partial charge in [0.25, 0.3) is 5.97 Å². The molecule has 0 spiro atoms. The molecule has 0 aliphatic rings. The van der Waals surface area contributed by atoms with E-state index in [0.29, 0.717) is 12.1 Å². The molecule has 1 aromatic heterocycles. The number of hydrogen-bond donors (Lipinski definition) is 2. The van der Waals surface area contributed by atoms with Crippen LogP contribution in [0.1, 0.15) is 23.6 Å². The number of fused-ring (bicyclic) bond motifs is 1. The van der Waals surface area contributed by atoms with Crippen molar-refractivity contribution in [2.75, 3.05) is 0 Å². The van der Waals surface area contributed by atoms with Crippen LogP contribution in [-0.2, 0) is 18.3 Å². The average Bonchev–Trinajstić information content (AvgIpc) is 2.87. The molecule has 2 N–H and O–H groups in total. The van der Waals surface area contributed by atoms with Crippen molar-refractivity contribution in [3.63, 3.8) is 0 Å². The molecule has 0 bridgehead atoms. The minimum absolute atomic E-state index is 0.677. The molecule has 0 saturated carbocycles. The Morgan fingerprint density at radius 1 is 1.12 bits per heavy atom. The van der Waals surface area contributed by atoms with Crippen LogP contribution in [0.3, 0.4) is 0 Å². The molecule has 1 heterocycles. The molecule has 0 aliphatic heterocycles. The molecule has 0 fully saturated rings.